The van der Waals surface area contributed by atoms with Crippen LogP contribution in [0.4, 0.5) is 0 Å². The lowest BCUT2D eigenvalue weighted by molar-refractivity contribution is -0.142. The number of hydrogen-bond donors (Lipinski definition) is 2. The number of hydrogen-bond acceptors (Lipinski definition) is 2. The van der Waals surface area contributed by atoms with Crippen molar-refractivity contribution in [2.75, 3.05) is 0 Å². The highest BCUT2D eigenvalue weighted by Crippen LogP contribution is 2.11. The molecule has 0 spiro atoms. The second kappa shape index (κ2) is 2.84. The Morgan fingerprint density at radius 3 is 2.30 bits per heavy atom. The molecule has 0 heterocycles. The Kier molecular flexibility index (Phi) is 2.60. The molecule has 0 saturated carbocycles. The van der Waals surface area contributed by atoms with E-state index in [0.29, 0.717) is 6.42 Å². The summed E-state index contributed by atoms with van der Waals surface area (Å²) in [5.41, 5.74) is 5.02. The first-order chi connectivity index (χ1) is 4.36. The largest absolute Gasteiger partial charge is 0.480 e. The van der Waals surface area contributed by atoms with E-state index in [-0.39, 0.29) is 0 Å². The molecule has 58 valence electrons. The minimum Gasteiger partial charge on any atom is -0.480 e. The van der Waals surface area contributed by atoms with E-state index in [1.807, 2.05) is 0 Å². The maximum Gasteiger partial charge on any atom is 0.323 e. The first-order valence-corrected chi connectivity index (χ1v) is 3.03. The van der Waals surface area contributed by atoms with Crippen LogP contribution in [0.15, 0.2) is 12.2 Å². The van der Waals surface area contributed by atoms with Crippen molar-refractivity contribution < 1.29 is 9.90 Å². The fourth-order valence-electron chi connectivity index (χ4n) is 0.703. The minimum absolute atomic E-state index is 0.322. The fraction of sp³-hybridized carbons (Fsp3) is 0.571. The quantitative estimate of drug-likeness (QED) is 0.573. The Morgan fingerprint density at radius 2 is 2.20 bits per heavy atom. The molecule has 1 unspecified atom stereocenters. The van der Waals surface area contributed by atoms with Crippen LogP contribution in [0.5, 0.6) is 0 Å². The predicted molar refractivity (Wildman–Crippen MR) is 39.7 cm³/mol. The number of carbonyl (C=O) groups is 1. The maximum atomic E-state index is 10.4. The Morgan fingerprint density at radius 1 is 1.80 bits per heavy atom. The van der Waals surface area contributed by atoms with Gasteiger partial charge in [0, 0.05) is 0 Å². The third-order valence-corrected chi connectivity index (χ3v) is 1.16. The molecule has 3 N–H and O–H groups in total. The first kappa shape index (κ1) is 9.17. The highest BCUT2D eigenvalue weighted by Gasteiger charge is 2.27. The van der Waals surface area contributed by atoms with Gasteiger partial charge in [0.2, 0.25) is 0 Å². The van der Waals surface area contributed by atoms with Gasteiger partial charge in [-0.1, -0.05) is 5.57 Å². The lowest BCUT2D eigenvalue weighted by Crippen LogP contribution is -2.44. The SMILES string of the molecule is C=C(C)CC(C)(N)C(=O)O. The molecule has 0 saturated heterocycles. The van der Waals surface area contributed by atoms with Crippen LogP contribution in [-0.2, 0) is 4.79 Å². The van der Waals surface area contributed by atoms with Crippen LogP contribution < -0.4 is 5.73 Å². The Labute approximate surface area is 60.5 Å². The van der Waals surface area contributed by atoms with Crippen molar-refractivity contribution >= 4 is 5.97 Å². The van der Waals surface area contributed by atoms with E-state index in [2.05, 4.69) is 6.58 Å². The van der Waals surface area contributed by atoms with Gasteiger partial charge in [0.25, 0.3) is 0 Å². The van der Waals surface area contributed by atoms with Crippen LogP contribution in [0.1, 0.15) is 20.3 Å². The molecule has 0 aliphatic carbocycles. The smallest absolute Gasteiger partial charge is 0.323 e. The van der Waals surface area contributed by atoms with Gasteiger partial charge in [-0.05, 0) is 20.3 Å². The zero-order valence-electron chi connectivity index (χ0n) is 6.35. The number of carboxylic acid groups (broad SMARTS) is 1. The zero-order chi connectivity index (χ0) is 8.36. The second-order valence-corrected chi connectivity index (χ2v) is 2.86. The molecule has 0 amide bonds. The highest BCUT2D eigenvalue weighted by molar-refractivity contribution is 5.78. The molecule has 0 rings (SSSR count). The van der Waals surface area contributed by atoms with Gasteiger partial charge in [-0.3, -0.25) is 4.79 Å². The molecule has 0 aliphatic rings. The molecule has 3 heteroatoms. The van der Waals surface area contributed by atoms with Crippen molar-refractivity contribution in [2.45, 2.75) is 25.8 Å². The Bertz CT molecular complexity index is 161. The number of carboxylic acids is 1. The molecule has 1 atom stereocenters. The molecule has 0 radical (unpaired) electrons. The van der Waals surface area contributed by atoms with E-state index >= 15 is 0 Å². The summed E-state index contributed by atoms with van der Waals surface area (Å²) in [4.78, 5) is 10.4. The van der Waals surface area contributed by atoms with Crippen LogP contribution >= 0.6 is 0 Å². The van der Waals surface area contributed by atoms with Gasteiger partial charge in [-0.25, -0.2) is 0 Å². The molecule has 10 heavy (non-hydrogen) atoms. The second-order valence-electron chi connectivity index (χ2n) is 2.86. The average Bonchev–Trinajstić information content (AvgIpc) is 1.60. The van der Waals surface area contributed by atoms with Crippen molar-refractivity contribution in [1.29, 1.82) is 0 Å². The van der Waals surface area contributed by atoms with Crippen molar-refractivity contribution in [2.24, 2.45) is 5.73 Å². The van der Waals surface area contributed by atoms with Crippen molar-refractivity contribution in [1.82, 2.24) is 0 Å². The van der Waals surface area contributed by atoms with Gasteiger partial charge >= 0.3 is 5.97 Å². The number of nitrogens with two attached hydrogens (primary N) is 1. The van der Waals surface area contributed by atoms with Gasteiger partial charge in [0.15, 0.2) is 0 Å². The summed E-state index contributed by atoms with van der Waals surface area (Å²) in [6.07, 6.45) is 0.322. The van der Waals surface area contributed by atoms with Crippen LogP contribution in [0.3, 0.4) is 0 Å². The molecule has 0 fully saturated rings. The number of aliphatic carboxylic acids is 1. The van der Waals surface area contributed by atoms with Gasteiger partial charge in [0.1, 0.15) is 5.54 Å². The summed E-state index contributed by atoms with van der Waals surface area (Å²) in [7, 11) is 0. The standard InChI is InChI=1S/C7H13NO2/c1-5(2)4-7(3,8)6(9)10/h1,4,8H2,2-3H3,(H,9,10). The third kappa shape index (κ3) is 2.64. The summed E-state index contributed by atoms with van der Waals surface area (Å²) in [6.45, 7) is 6.81. The van der Waals surface area contributed by atoms with E-state index in [1.165, 1.54) is 6.92 Å². The molecule has 0 bridgehead atoms. The first-order valence-electron chi connectivity index (χ1n) is 3.03. The Hall–Kier alpha value is -0.830. The average molecular weight is 143 g/mol. The van der Waals surface area contributed by atoms with Crippen LogP contribution in [0, 0.1) is 0 Å². The fourth-order valence-corrected chi connectivity index (χ4v) is 0.703. The van der Waals surface area contributed by atoms with Crippen LogP contribution in [0.2, 0.25) is 0 Å². The van der Waals surface area contributed by atoms with E-state index in [1.54, 1.807) is 6.92 Å². The normalized spacial score (nSPS) is 15.9. The molecular formula is C7H13NO2. The van der Waals surface area contributed by atoms with Crippen LogP contribution in [0.25, 0.3) is 0 Å². The summed E-state index contributed by atoms with van der Waals surface area (Å²) in [6, 6.07) is 0. The zero-order valence-corrected chi connectivity index (χ0v) is 6.35. The molecule has 3 nitrogen and oxygen atoms in total. The van der Waals surface area contributed by atoms with E-state index in [4.69, 9.17) is 10.8 Å². The van der Waals surface area contributed by atoms with Gasteiger partial charge in [-0.15, -0.1) is 6.58 Å². The molecule has 0 aromatic heterocycles. The monoisotopic (exact) mass is 143 g/mol. The summed E-state index contributed by atoms with van der Waals surface area (Å²) in [5.74, 6) is -0.990. The van der Waals surface area contributed by atoms with E-state index in [9.17, 15) is 4.79 Å². The topological polar surface area (TPSA) is 63.3 Å². The molecule has 0 aliphatic heterocycles. The van der Waals surface area contributed by atoms with Crippen molar-refractivity contribution in [3.63, 3.8) is 0 Å². The number of rotatable bonds is 3. The van der Waals surface area contributed by atoms with Crippen molar-refractivity contribution in [3.8, 4) is 0 Å². The maximum absolute atomic E-state index is 10.4. The molecular weight excluding hydrogens is 130 g/mol. The molecule has 0 aromatic rings. The van der Waals surface area contributed by atoms with E-state index < -0.39 is 11.5 Å². The molecule has 0 aromatic carbocycles. The van der Waals surface area contributed by atoms with Crippen LogP contribution in [-0.4, -0.2) is 16.6 Å². The highest BCUT2D eigenvalue weighted by atomic mass is 16.4. The lowest BCUT2D eigenvalue weighted by atomic mass is 9.96. The lowest BCUT2D eigenvalue weighted by Gasteiger charge is -2.18. The summed E-state index contributed by atoms with van der Waals surface area (Å²) in [5, 5.41) is 8.52. The van der Waals surface area contributed by atoms with Gasteiger partial charge in [-0.2, -0.15) is 0 Å². The third-order valence-electron chi connectivity index (χ3n) is 1.16. The Balaban J connectivity index is 4.13. The minimum atomic E-state index is -1.16. The predicted octanol–water partition coefficient (Wildman–Crippen LogP) is 0.755. The summed E-state index contributed by atoms with van der Waals surface area (Å²) >= 11 is 0. The summed E-state index contributed by atoms with van der Waals surface area (Å²) < 4.78 is 0. The van der Waals surface area contributed by atoms with Gasteiger partial charge in [0.05, 0.1) is 0 Å². The van der Waals surface area contributed by atoms with Crippen molar-refractivity contribution in [3.05, 3.63) is 12.2 Å². The van der Waals surface area contributed by atoms with E-state index in [0.717, 1.165) is 5.57 Å². The van der Waals surface area contributed by atoms with Gasteiger partial charge < -0.3 is 10.8 Å².